The highest BCUT2D eigenvalue weighted by molar-refractivity contribution is 9.10. The first-order valence-electron chi connectivity index (χ1n) is 10.2. The normalized spacial score (nSPS) is 20.4. The van der Waals surface area contributed by atoms with Crippen LogP contribution in [0.15, 0.2) is 21.4 Å². The van der Waals surface area contributed by atoms with Crippen LogP contribution < -0.4 is 5.56 Å². The maximum Gasteiger partial charge on any atom is 0.261 e. The first-order valence-corrected chi connectivity index (χ1v) is 11.0. The molecule has 0 unspecified atom stereocenters. The topological polar surface area (TPSA) is 41.4 Å². The van der Waals surface area contributed by atoms with Crippen molar-refractivity contribution >= 4 is 26.8 Å². The molecule has 1 aliphatic heterocycles. The van der Waals surface area contributed by atoms with E-state index in [1.807, 2.05) is 6.92 Å². The van der Waals surface area contributed by atoms with Gasteiger partial charge < -0.3 is 4.90 Å². The van der Waals surface area contributed by atoms with Gasteiger partial charge in [0.25, 0.3) is 5.56 Å². The minimum absolute atomic E-state index is 0.0581. The van der Waals surface area contributed by atoms with E-state index < -0.39 is 5.82 Å². The second kappa shape index (κ2) is 9.01. The SMILES string of the molecule is CCC[C@@H](c1nc2cc(F)c(Br)cc2c(=O)n1CC)N1CCN(C)C[C@@H](C)C1. The first-order chi connectivity index (χ1) is 13.3. The van der Waals surface area contributed by atoms with Crippen molar-refractivity contribution in [2.24, 2.45) is 5.92 Å². The summed E-state index contributed by atoms with van der Waals surface area (Å²) >= 11 is 3.19. The third kappa shape index (κ3) is 4.31. The number of hydrogen-bond acceptors (Lipinski definition) is 4. The fourth-order valence-corrected chi connectivity index (χ4v) is 4.64. The van der Waals surface area contributed by atoms with Crippen LogP contribution in [0.3, 0.4) is 0 Å². The minimum Gasteiger partial charge on any atom is -0.305 e. The van der Waals surface area contributed by atoms with Gasteiger partial charge in [-0.3, -0.25) is 14.3 Å². The Balaban J connectivity index is 2.14. The lowest BCUT2D eigenvalue weighted by molar-refractivity contribution is 0.167. The smallest absolute Gasteiger partial charge is 0.261 e. The van der Waals surface area contributed by atoms with E-state index in [1.165, 1.54) is 6.07 Å². The molecule has 3 rings (SSSR count). The van der Waals surface area contributed by atoms with Gasteiger partial charge in [-0.05, 0) is 48.3 Å². The molecule has 2 heterocycles. The fraction of sp³-hybridized carbons (Fsp3) is 0.619. The molecule has 5 nitrogen and oxygen atoms in total. The van der Waals surface area contributed by atoms with Crippen LogP contribution in [-0.2, 0) is 6.54 Å². The third-order valence-electron chi connectivity index (χ3n) is 5.58. The van der Waals surface area contributed by atoms with E-state index in [1.54, 1.807) is 10.6 Å². The molecule has 0 N–H and O–H groups in total. The maximum atomic E-state index is 14.1. The van der Waals surface area contributed by atoms with E-state index in [-0.39, 0.29) is 11.6 Å². The van der Waals surface area contributed by atoms with Gasteiger partial charge >= 0.3 is 0 Å². The lowest BCUT2D eigenvalue weighted by Crippen LogP contribution is -2.38. The van der Waals surface area contributed by atoms with Crippen molar-refractivity contribution in [1.29, 1.82) is 0 Å². The summed E-state index contributed by atoms with van der Waals surface area (Å²) in [5.41, 5.74) is 0.343. The number of nitrogens with zero attached hydrogens (tertiary/aromatic N) is 4. The maximum absolute atomic E-state index is 14.1. The molecular formula is C21H30BrFN4O. The van der Waals surface area contributed by atoms with Gasteiger partial charge in [-0.1, -0.05) is 20.3 Å². The van der Waals surface area contributed by atoms with Crippen LogP contribution in [0.25, 0.3) is 10.9 Å². The quantitative estimate of drug-likeness (QED) is 0.686. The summed E-state index contributed by atoms with van der Waals surface area (Å²) in [6.07, 6.45) is 1.92. The summed E-state index contributed by atoms with van der Waals surface area (Å²) in [4.78, 5) is 22.8. The van der Waals surface area contributed by atoms with Crippen LogP contribution in [0.4, 0.5) is 4.39 Å². The van der Waals surface area contributed by atoms with Crippen molar-refractivity contribution in [2.45, 2.75) is 46.2 Å². The van der Waals surface area contributed by atoms with E-state index in [4.69, 9.17) is 4.98 Å². The van der Waals surface area contributed by atoms with Gasteiger partial charge in [0.05, 0.1) is 21.4 Å². The van der Waals surface area contributed by atoms with Gasteiger partial charge in [-0.15, -0.1) is 0 Å². The second-order valence-electron chi connectivity index (χ2n) is 7.97. The Morgan fingerprint density at radius 1 is 1.29 bits per heavy atom. The molecule has 2 atom stereocenters. The van der Waals surface area contributed by atoms with Crippen molar-refractivity contribution in [1.82, 2.24) is 19.4 Å². The average Bonchev–Trinajstić information content (AvgIpc) is 2.81. The Bertz CT molecular complexity index is 900. The molecule has 0 amide bonds. The molecule has 0 radical (unpaired) electrons. The molecule has 0 spiro atoms. The van der Waals surface area contributed by atoms with E-state index >= 15 is 0 Å². The Morgan fingerprint density at radius 3 is 2.71 bits per heavy atom. The summed E-state index contributed by atoms with van der Waals surface area (Å²) in [6.45, 7) is 10.9. The van der Waals surface area contributed by atoms with Crippen LogP contribution in [0.5, 0.6) is 0 Å². The molecule has 0 aliphatic carbocycles. The van der Waals surface area contributed by atoms with E-state index in [2.05, 4.69) is 46.6 Å². The largest absolute Gasteiger partial charge is 0.305 e. The predicted octanol–water partition coefficient (Wildman–Crippen LogP) is 4.04. The monoisotopic (exact) mass is 452 g/mol. The first kappa shape index (κ1) is 21.4. The van der Waals surface area contributed by atoms with Crippen LogP contribution in [0.2, 0.25) is 0 Å². The van der Waals surface area contributed by atoms with E-state index in [0.717, 1.165) is 44.8 Å². The standard InChI is InChI=1S/C21H30BrFN4O/c1-5-7-19(26-9-8-25(4)12-14(3)13-26)20-24-18-11-17(23)16(22)10-15(18)21(28)27(20)6-2/h10-11,14,19H,5-9,12-13H2,1-4H3/t14-,19+/m1/s1. The third-order valence-corrected chi connectivity index (χ3v) is 6.19. The summed E-state index contributed by atoms with van der Waals surface area (Å²) in [6, 6.07) is 2.97. The fourth-order valence-electron chi connectivity index (χ4n) is 4.30. The highest BCUT2D eigenvalue weighted by atomic mass is 79.9. The predicted molar refractivity (Wildman–Crippen MR) is 115 cm³/mol. The van der Waals surface area contributed by atoms with Gasteiger partial charge in [0.1, 0.15) is 11.6 Å². The molecule has 1 fully saturated rings. The number of hydrogen-bond donors (Lipinski definition) is 0. The average molecular weight is 453 g/mol. The molecule has 154 valence electrons. The van der Waals surface area contributed by atoms with Crippen molar-refractivity contribution in [3.8, 4) is 0 Å². The zero-order chi connectivity index (χ0) is 20.4. The Kier molecular flexibility index (Phi) is 6.89. The Morgan fingerprint density at radius 2 is 2.04 bits per heavy atom. The lowest BCUT2D eigenvalue weighted by Gasteiger charge is -2.32. The molecule has 1 aromatic carbocycles. The number of benzene rings is 1. The Labute approximate surface area is 174 Å². The summed E-state index contributed by atoms with van der Waals surface area (Å²) in [5, 5.41) is 0.457. The molecule has 1 saturated heterocycles. The lowest BCUT2D eigenvalue weighted by atomic mass is 10.1. The minimum atomic E-state index is -0.392. The number of likely N-dealkylation sites (N-methyl/N-ethyl adjacent to an activating group) is 1. The number of rotatable bonds is 5. The molecule has 0 saturated carbocycles. The van der Waals surface area contributed by atoms with Crippen molar-refractivity contribution < 1.29 is 4.39 Å². The van der Waals surface area contributed by atoms with Crippen molar-refractivity contribution in [3.63, 3.8) is 0 Å². The molecule has 1 aliphatic rings. The highest BCUT2D eigenvalue weighted by Crippen LogP contribution is 2.28. The number of halogens is 2. The summed E-state index contributed by atoms with van der Waals surface area (Å²) in [7, 11) is 2.16. The van der Waals surface area contributed by atoms with Gasteiger partial charge in [-0.2, -0.15) is 0 Å². The van der Waals surface area contributed by atoms with Gasteiger partial charge in [0.2, 0.25) is 0 Å². The molecule has 1 aromatic heterocycles. The van der Waals surface area contributed by atoms with Gasteiger partial charge in [0, 0.05) is 38.8 Å². The Hall–Kier alpha value is -1.31. The van der Waals surface area contributed by atoms with E-state index in [9.17, 15) is 9.18 Å². The molecule has 28 heavy (non-hydrogen) atoms. The zero-order valence-corrected chi connectivity index (χ0v) is 18.8. The van der Waals surface area contributed by atoms with Crippen LogP contribution >= 0.6 is 15.9 Å². The number of fused-ring (bicyclic) bond motifs is 1. The van der Waals surface area contributed by atoms with Crippen LogP contribution in [0.1, 0.15) is 45.5 Å². The van der Waals surface area contributed by atoms with Crippen molar-refractivity contribution in [3.05, 3.63) is 38.6 Å². The number of aromatic nitrogens is 2. The highest BCUT2D eigenvalue weighted by Gasteiger charge is 2.28. The second-order valence-corrected chi connectivity index (χ2v) is 8.82. The zero-order valence-electron chi connectivity index (χ0n) is 17.2. The molecule has 0 bridgehead atoms. The summed E-state index contributed by atoms with van der Waals surface area (Å²) in [5.74, 6) is 0.916. The van der Waals surface area contributed by atoms with Crippen molar-refractivity contribution in [2.75, 3.05) is 33.2 Å². The molecule has 7 heteroatoms. The van der Waals surface area contributed by atoms with Crippen LogP contribution in [-0.4, -0.2) is 52.6 Å². The molecule has 2 aromatic rings. The van der Waals surface area contributed by atoms with Gasteiger partial charge in [0.15, 0.2) is 0 Å². The van der Waals surface area contributed by atoms with Gasteiger partial charge in [-0.25, -0.2) is 9.37 Å². The van der Waals surface area contributed by atoms with Crippen LogP contribution in [0, 0.1) is 11.7 Å². The van der Waals surface area contributed by atoms with E-state index in [0.29, 0.717) is 27.8 Å². The summed E-state index contributed by atoms with van der Waals surface area (Å²) < 4.78 is 16.2. The molecular weight excluding hydrogens is 423 g/mol.